The van der Waals surface area contributed by atoms with Crippen molar-refractivity contribution in [2.45, 2.75) is 12.8 Å². The monoisotopic (exact) mass is 408 g/mol. The van der Waals surface area contributed by atoms with E-state index in [4.69, 9.17) is 4.74 Å². The number of nitrogens with one attached hydrogen (secondary N) is 2. The number of carbonyl (C=O) groups excluding carboxylic acids is 1. The lowest BCUT2D eigenvalue weighted by Gasteiger charge is -2.19. The summed E-state index contributed by atoms with van der Waals surface area (Å²) in [5.41, 5.74) is 3.08. The van der Waals surface area contributed by atoms with E-state index in [-0.39, 0.29) is 30.2 Å². The Hall–Kier alpha value is -2.82. The van der Waals surface area contributed by atoms with Crippen LogP contribution in [0.15, 0.2) is 78.9 Å². The van der Waals surface area contributed by atoms with Crippen LogP contribution in [0.4, 0.5) is 5.69 Å². The van der Waals surface area contributed by atoms with Crippen LogP contribution in [0.25, 0.3) is 0 Å². The minimum atomic E-state index is -0.0938. The van der Waals surface area contributed by atoms with Crippen molar-refractivity contribution in [3.8, 4) is 11.5 Å². The smallest absolute Gasteiger partial charge is 0.229 e. The number of carbonyl (C=O) groups is 1. The van der Waals surface area contributed by atoms with Gasteiger partial charge in [-0.15, -0.1) is 12.4 Å². The molecule has 0 aliphatic carbocycles. The Kier molecular flexibility index (Phi) is 6.91. The fourth-order valence-electron chi connectivity index (χ4n) is 3.69. The molecule has 0 aromatic heterocycles. The lowest BCUT2D eigenvalue weighted by Crippen LogP contribution is -2.28. The van der Waals surface area contributed by atoms with Crippen LogP contribution in [0.5, 0.6) is 11.5 Å². The highest BCUT2D eigenvalue weighted by Gasteiger charge is 2.33. The van der Waals surface area contributed by atoms with Gasteiger partial charge in [-0.25, -0.2) is 0 Å². The summed E-state index contributed by atoms with van der Waals surface area (Å²) in [4.78, 5) is 12.9. The van der Waals surface area contributed by atoms with Crippen LogP contribution in [0, 0.1) is 12.8 Å². The van der Waals surface area contributed by atoms with Gasteiger partial charge in [-0.3, -0.25) is 4.79 Å². The van der Waals surface area contributed by atoms with Crippen LogP contribution in [-0.2, 0) is 4.79 Å². The van der Waals surface area contributed by atoms with Crippen molar-refractivity contribution in [1.82, 2.24) is 5.32 Å². The van der Waals surface area contributed by atoms with Crippen molar-refractivity contribution in [1.29, 1.82) is 0 Å². The largest absolute Gasteiger partial charge is 0.457 e. The molecular weight excluding hydrogens is 384 g/mol. The van der Waals surface area contributed by atoms with E-state index in [1.807, 2.05) is 73.7 Å². The normalized spacial score (nSPS) is 18.0. The molecule has 4 nitrogen and oxygen atoms in total. The van der Waals surface area contributed by atoms with Gasteiger partial charge in [0.15, 0.2) is 0 Å². The van der Waals surface area contributed by atoms with Crippen molar-refractivity contribution < 1.29 is 9.53 Å². The van der Waals surface area contributed by atoms with E-state index in [1.54, 1.807) is 0 Å². The molecule has 1 heterocycles. The van der Waals surface area contributed by atoms with Crippen LogP contribution in [0.2, 0.25) is 0 Å². The Balaban J connectivity index is 0.00000240. The summed E-state index contributed by atoms with van der Waals surface area (Å²) < 4.78 is 5.93. The zero-order chi connectivity index (χ0) is 19.3. The van der Waals surface area contributed by atoms with Gasteiger partial charge in [-0.1, -0.05) is 48.5 Å². The van der Waals surface area contributed by atoms with E-state index in [1.165, 1.54) is 5.56 Å². The highest BCUT2D eigenvalue weighted by Crippen LogP contribution is 2.30. The zero-order valence-electron chi connectivity index (χ0n) is 16.3. The highest BCUT2D eigenvalue weighted by atomic mass is 35.5. The Bertz CT molecular complexity index is 962. The number of benzene rings is 3. The van der Waals surface area contributed by atoms with Gasteiger partial charge in [0.1, 0.15) is 11.5 Å². The number of amides is 1. The molecule has 0 unspecified atom stereocenters. The maximum Gasteiger partial charge on any atom is 0.229 e. The first-order valence-electron chi connectivity index (χ1n) is 9.60. The third-order valence-electron chi connectivity index (χ3n) is 5.11. The molecule has 2 N–H and O–H groups in total. The molecule has 1 amide bonds. The minimum Gasteiger partial charge on any atom is -0.457 e. The maximum absolute atomic E-state index is 12.9. The third-order valence-corrected chi connectivity index (χ3v) is 5.11. The number of hydrogen-bond donors (Lipinski definition) is 2. The standard InChI is InChI=1S/C24H24N2O2.ClH/c1-17-7-5-11-20(13-17)28-21-12-6-10-19(14-21)26-24(27)23-16-25-15-22(23)18-8-3-2-4-9-18;/h2-14,22-23,25H,15-16H2,1H3,(H,26,27);1H/t22-,23+;/m0./s1. The molecule has 1 saturated heterocycles. The molecule has 1 aliphatic rings. The van der Waals surface area contributed by atoms with Crippen LogP contribution in [0.3, 0.4) is 0 Å². The number of anilines is 1. The Morgan fingerprint density at radius 1 is 0.931 bits per heavy atom. The zero-order valence-corrected chi connectivity index (χ0v) is 17.1. The predicted molar refractivity (Wildman–Crippen MR) is 119 cm³/mol. The molecule has 0 radical (unpaired) electrons. The minimum absolute atomic E-state index is 0. The predicted octanol–water partition coefficient (Wildman–Crippen LogP) is 5.15. The molecule has 0 saturated carbocycles. The van der Waals surface area contributed by atoms with Crippen molar-refractivity contribution >= 4 is 24.0 Å². The number of rotatable bonds is 5. The van der Waals surface area contributed by atoms with Crippen LogP contribution in [-0.4, -0.2) is 19.0 Å². The average Bonchev–Trinajstić information content (AvgIpc) is 3.19. The highest BCUT2D eigenvalue weighted by molar-refractivity contribution is 5.93. The van der Waals surface area contributed by atoms with Crippen LogP contribution < -0.4 is 15.4 Å². The van der Waals surface area contributed by atoms with Gasteiger partial charge >= 0.3 is 0 Å². The third kappa shape index (κ3) is 5.17. The summed E-state index contributed by atoms with van der Waals surface area (Å²) in [6.07, 6.45) is 0. The summed E-state index contributed by atoms with van der Waals surface area (Å²) in [5, 5.41) is 6.41. The molecular formula is C24H25ClN2O2. The Morgan fingerprint density at radius 2 is 1.66 bits per heavy atom. The van der Waals surface area contributed by atoms with Crippen molar-refractivity contribution in [2.24, 2.45) is 5.92 Å². The molecule has 150 valence electrons. The SMILES string of the molecule is Cc1cccc(Oc2cccc(NC(=O)[C@@H]3CNC[C@H]3c3ccccc3)c2)c1.Cl. The summed E-state index contributed by atoms with van der Waals surface area (Å²) in [6.45, 7) is 3.53. The Morgan fingerprint density at radius 3 is 2.41 bits per heavy atom. The number of hydrogen-bond acceptors (Lipinski definition) is 3. The first-order valence-corrected chi connectivity index (χ1v) is 9.60. The number of aryl methyl sites for hydroxylation is 1. The topological polar surface area (TPSA) is 50.4 Å². The quantitative estimate of drug-likeness (QED) is 0.613. The first kappa shape index (κ1) is 20.9. The fourth-order valence-corrected chi connectivity index (χ4v) is 3.69. The van der Waals surface area contributed by atoms with Gasteiger partial charge in [-0.05, 0) is 42.3 Å². The van der Waals surface area contributed by atoms with Gasteiger partial charge in [0.05, 0.1) is 5.92 Å². The van der Waals surface area contributed by atoms with Gasteiger partial charge < -0.3 is 15.4 Å². The molecule has 1 fully saturated rings. The van der Waals surface area contributed by atoms with Gasteiger partial charge in [0, 0.05) is 30.8 Å². The van der Waals surface area contributed by atoms with Gasteiger partial charge in [-0.2, -0.15) is 0 Å². The molecule has 3 aromatic carbocycles. The van der Waals surface area contributed by atoms with Gasteiger partial charge in [0.2, 0.25) is 5.91 Å². The summed E-state index contributed by atoms with van der Waals surface area (Å²) in [5.74, 6) is 1.61. The molecule has 4 rings (SSSR count). The van der Waals surface area contributed by atoms with Crippen molar-refractivity contribution in [2.75, 3.05) is 18.4 Å². The molecule has 1 aliphatic heterocycles. The molecule has 2 atom stereocenters. The molecule has 5 heteroatoms. The van der Waals surface area contributed by atoms with E-state index in [0.717, 1.165) is 23.5 Å². The Labute approximate surface area is 177 Å². The first-order chi connectivity index (χ1) is 13.7. The summed E-state index contributed by atoms with van der Waals surface area (Å²) >= 11 is 0. The molecule has 0 bridgehead atoms. The number of halogens is 1. The molecule has 29 heavy (non-hydrogen) atoms. The average molecular weight is 409 g/mol. The van der Waals surface area contributed by atoms with Crippen LogP contribution >= 0.6 is 12.4 Å². The maximum atomic E-state index is 12.9. The van der Waals surface area contributed by atoms with E-state index in [9.17, 15) is 4.79 Å². The van der Waals surface area contributed by atoms with E-state index >= 15 is 0 Å². The van der Waals surface area contributed by atoms with Gasteiger partial charge in [0.25, 0.3) is 0 Å². The van der Waals surface area contributed by atoms with Crippen LogP contribution in [0.1, 0.15) is 17.0 Å². The number of ether oxygens (including phenoxy) is 1. The fraction of sp³-hybridized carbons (Fsp3) is 0.208. The van der Waals surface area contributed by atoms with Crippen molar-refractivity contribution in [3.05, 3.63) is 90.0 Å². The summed E-state index contributed by atoms with van der Waals surface area (Å²) in [6, 6.07) is 25.7. The van der Waals surface area contributed by atoms with E-state index in [2.05, 4.69) is 22.8 Å². The summed E-state index contributed by atoms with van der Waals surface area (Å²) in [7, 11) is 0. The second-order valence-corrected chi connectivity index (χ2v) is 7.22. The second-order valence-electron chi connectivity index (χ2n) is 7.22. The lowest BCUT2D eigenvalue weighted by atomic mass is 9.88. The molecule has 0 spiro atoms. The van der Waals surface area contributed by atoms with E-state index in [0.29, 0.717) is 12.3 Å². The van der Waals surface area contributed by atoms with E-state index < -0.39 is 0 Å². The van der Waals surface area contributed by atoms with Crippen molar-refractivity contribution in [3.63, 3.8) is 0 Å². The lowest BCUT2D eigenvalue weighted by molar-refractivity contribution is -0.119. The second kappa shape index (κ2) is 9.59. The molecule has 3 aromatic rings.